The minimum atomic E-state index is -1.01. The van der Waals surface area contributed by atoms with Crippen LogP contribution in [0.15, 0.2) is 25.3 Å². The molecular weight excluding hydrogens is 458 g/mol. The van der Waals surface area contributed by atoms with E-state index in [0.717, 1.165) is 19.3 Å². The quantitative estimate of drug-likeness (QED) is 0.291. The summed E-state index contributed by atoms with van der Waals surface area (Å²) in [5.74, 6) is -1.73. The van der Waals surface area contributed by atoms with Crippen molar-refractivity contribution in [2.24, 2.45) is 11.8 Å². The molecule has 0 aromatic heterocycles. The Morgan fingerprint density at radius 1 is 1.19 bits per heavy atom. The molecule has 0 aromatic rings. The summed E-state index contributed by atoms with van der Waals surface area (Å²) in [4.78, 5) is 47.1. The SMILES string of the molecule is C=CCN(C)C(=O)[C@@H]1[C@H]2C(=O)N(CCCCCO)C(C(=O)N(CC=C)C(C)CCC)C23CC[C@@]1(C)O3. The van der Waals surface area contributed by atoms with Gasteiger partial charge < -0.3 is 24.5 Å². The summed E-state index contributed by atoms with van der Waals surface area (Å²) in [5.41, 5.74) is -1.80. The Morgan fingerprint density at radius 3 is 2.50 bits per heavy atom. The Labute approximate surface area is 216 Å². The van der Waals surface area contributed by atoms with Crippen LogP contribution in [0.2, 0.25) is 0 Å². The van der Waals surface area contributed by atoms with Gasteiger partial charge in [0.25, 0.3) is 0 Å². The first kappa shape index (κ1) is 28.4. The fraction of sp³-hybridized carbons (Fsp3) is 0.750. The molecule has 3 heterocycles. The summed E-state index contributed by atoms with van der Waals surface area (Å²) in [6.07, 6.45) is 8.46. The van der Waals surface area contributed by atoms with Crippen molar-refractivity contribution in [1.82, 2.24) is 14.7 Å². The molecule has 3 unspecified atom stereocenters. The minimum absolute atomic E-state index is 0.00682. The maximum Gasteiger partial charge on any atom is 0.248 e. The van der Waals surface area contributed by atoms with Crippen LogP contribution in [0.1, 0.15) is 65.7 Å². The number of ether oxygens (including phenoxy) is 1. The van der Waals surface area contributed by atoms with E-state index in [9.17, 15) is 19.5 Å². The van der Waals surface area contributed by atoms with Crippen LogP contribution in [0.25, 0.3) is 0 Å². The monoisotopic (exact) mass is 503 g/mol. The third kappa shape index (κ3) is 4.74. The van der Waals surface area contributed by atoms with Gasteiger partial charge in [0.15, 0.2) is 0 Å². The van der Waals surface area contributed by atoms with Crippen LogP contribution in [0.5, 0.6) is 0 Å². The smallest absolute Gasteiger partial charge is 0.248 e. The van der Waals surface area contributed by atoms with E-state index in [1.807, 2.05) is 18.7 Å². The van der Waals surface area contributed by atoms with Crippen LogP contribution in [-0.4, -0.2) is 94.1 Å². The van der Waals surface area contributed by atoms with Crippen molar-refractivity contribution >= 4 is 17.7 Å². The summed E-state index contributed by atoms with van der Waals surface area (Å²) in [5, 5.41) is 9.21. The molecule has 3 saturated heterocycles. The number of fused-ring (bicyclic) bond motifs is 1. The molecule has 1 spiro atoms. The number of likely N-dealkylation sites (N-methyl/N-ethyl adjacent to an activating group) is 1. The van der Waals surface area contributed by atoms with E-state index >= 15 is 0 Å². The van der Waals surface area contributed by atoms with Crippen molar-refractivity contribution in [2.75, 3.05) is 33.3 Å². The van der Waals surface area contributed by atoms with Crippen LogP contribution in [-0.2, 0) is 19.1 Å². The van der Waals surface area contributed by atoms with Gasteiger partial charge in [-0.15, -0.1) is 13.2 Å². The fourth-order valence-electron chi connectivity index (χ4n) is 6.77. The van der Waals surface area contributed by atoms with E-state index in [1.165, 1.54) is 0 Å². The second kappa shape index (κ2) is 11.5. The van der Waals surface area contributed by atoms with Crippen LogP contribution >= 0.6 is 0 Å². The molecular formula is C28H45N3O5. The minimum Gasteiger partial charge on any atom is -0.396 e. The van der Waals surface area contributed by atoms with E-state index in [-0.39, 0.29) is 30.4 Å². The molecule has 3 rings (SSSR count). The first-order valence-corrected chi connectivity index (χ1v) is 13.5. The molecule has 36 heavy (non-hydrogen) atoms. The highest BCUT2D eigenvalue weighted by molar-refractivity contribution is 5.99. The third-order valence-corrected chi connectivity index (χ3v) is 8.46. The Bertz CT molecular complexity index is 862. The highest BCUT2D eigenvalue weighted by atomic mass is 16.5. The van der Waals surface area contributed by atoms with Crippen molar-refractivity contribution in [3.63, 3.8) is 0 Å². The predicted molar refractivity (Wildman–Crippen MR) is 139 cm³/mol. The van der Waals surface area contributed by atoms with E-state index in [4.69, 9.17) is 4.74 Å². The van der Waals surface area contributed by atoms with Gasteiger partial charge in [-0.3, -0.25) is 14.4 Å². The number of rotatable bonds is 14. The van der Waals surface area contributed by atoms with Gasteiger partial charge in [-0.25, -0.2) is 0 Å². The van der Waals surface area contributed by atoms with Crippen molar-refractivity contribution in [3.8, 4) is 0 Å². The van der Waals surface area contributed by atoms with Crippen molar-refractivity contribution in [3.05, 3.63) is 25.3 Å². The topological polar surface area (TPSA) is 90.4 Å². The van der Waals surface area contributed by atoms with Crippen LogP contribution in [0.4, 0.5) is 0 Å². The Morgan fingerprint density at radius 2 is 1.89 bits per heavy atom. The molecule has 3 aliphatic heterocycles. The first-order valence-electron chi connectivity index (χ1n) is 13.5. The molecule has 3 fully saturated rings. The zero-order valence-electron chi connectivity index (χ0n) is 22.6. The fourth-order valence-corrected chi connectivity index (χ4v) is 6.77. The molecule has 2 bridgehead atoms. The second-order valence-corrected chi connectivity index (χ2v) is 11.0. The molecule has 8 heteroatoms. The van der Waals surface area contributed by atoms with E-state index in [0.29, 0.717) is 45.3 Å². The maximum absolute atomic E-state index is 14.3. The Balaban J connectivity index is 2.04. The zero-order chi connectivity index (χ0) is 26.7. The molecule has 3 aliphatic rings. The molecule has 0 aliphatic carbocycles. The largest absolute Gasteiger partial charge is 0.396 e. The van der Waals surface area contributed by atoms with Gasteiger partial charge in [-0.1, -0.05) is 25.5 Å². The van der Waals surface area contributed by atoms with E-state index in [1.54, 1.807) is 29.0 Å². The lowest BCUT2D eigenvalue weighted by molar-refractivity contribution is -0.154. The highest BCUT2D eigenvalue weighted by Gasteiger charge is 2.78. The molecule has 6 atom stereocenters. The lowest BCUT2D eigenvalue weighted by atomic mass is 9.66. The Hall–Kier alpha value is -2.19. The summed E-state index contributed by atoms with van der Waals surface area (Å²) < 4.78 is 6.71. The van der Waals surface area contributed by atoms with Gasteiger partial charge in [0.2, 0.25) is 17.7 Å². The van der Waals surface area contributed by atoms with Crippen molar-refractivity contribution in [1.29, 1.82) is 0 Å². The van der Waals surface area contributed by atoms with Crippen LogP contribution in [0.3, 0.4) is 0 Å². The number of amides is 3. The summed E-state index contributed by atoms with van der Waals surface area (Å²) in [6, 6.07) is -0.777. The molecule has 8 nitrogen and oxygen atoms in total. The van der Waals surface area contributed by atoms with E-state index in [2.05, 4.69) is 20.1 Å². The predicted octanol–water partition coefficient (Wildman–Crippen LogP) is 2.76. The van der Waals surface area contributed by atoms with Crippen molar-refractivity contribution in [2.45, 2.75) is 89.0 Å². The molecule has 202 valence electrons. The van der Waals surface area contributed by atoms with Crippen LogP contribution in [0, 0.1) is 11.8 Å². The third-order valence-electron chi connectivity index (χ3n) is 8.46. The van der Waals surface area contributed by atoms with Gasteiger partial charge in [-0.05, 0) is 52.4 Å². The molecule has 1 N–H and O–H groups in total. The standard InChI is InChI=1S/C28H45N3O5/c1-7-13-20(4)30(17-9-3)26(35)23-28-15-14-27(5,36-28)21(24(33)29(6)16-8-2)22(28)25(34)31(23)18-11-10-12-19-32/h8-9,20-23,32H,2-3,7,10-19H2,1,4-6H3/t20?,21-,22-,23?,27+,28?/m0/s1. The first-order chi connectivity index (χ1) is 17.1. The Kier molecular flexibility index (Phi) is 9.04. The average molecular weight is 504 g/mol. The molecule has 3 amide bonds. The lowest BCUT2D eigenvalue weighted by Crippen LogP contribution is -2.58. The number of aliphatic hydroxyl groups excluding tert-OH is 1. The maximum atomic E-state index is 14.3. The number of carbonyl (C=O) groups is 3. The number of carbonyl (C=O) groups excluding carboxylic acids is 3. The van der Waals surface area contributed by atoms with Gasteiger partial charge in [0.1, 0.15) is 11.6 Å². The van der Waals surface area contributed by atoms with Crippen molar-refractivity contribution < 1.29 is 24.2 Å². The summed E-state index contributed by atoms with van der Waals surface area (Å²) >= 11 is 0. The number of hydrogen-bond acceptors (Lipinski definition) is 5. The summed E-state index contributed by atoms with van der Waals surface area (Å²) in [7, 11) is 1.72. The number of likely N-dealkylation sites (tertiary alicyclic amines) is 1. The highest BCUT2D eigenvalue weighted by Crippen LogP contribution is 2.63. The molecule has 0 saturated carbocycles. The average Bonchev–Trinajstić information content (AvgIpc) is 3.40. The van der Waals surface area contributed by atoms with E-state index < -0.39 is 29.1 Å². The molecule has 0 aromatic carbocycles. The van der Waals surface area contributed by atoms with Gasteiger partial charge >= 0.3 is 0 Å². The zero-order valence-corrected chi connectivity index (χ0v) is 22.6. The van der Waals surface area contributed by atoms with Gasteiger partial charge in [-0.2, -0.15) is 0 Å². The number of hydrogen-bond donors (Lipinski definition) is 1. The van der Waals surface area contributed by atoms with Gasteiger partial charge in [0.05, 0.1) is 17.4 Å². The molecule has 0 radical (unpaired) electrons. The second-order valence-electron chi connectivity index (χ2n) is 11.0. The number of aliphatic hydroxyl groups is 1. The normalized spacial score (nSPS) is 31.3. The number of nitrogens with zero attached hydrogens (tertiary/aromatic N) is 3. The lowest BCUT2D eigenvalue weighted by Gasteiger charge is -2.39. The summed E-state index contributed by atoms with van der Waals surface area (Å²) in [6.45, 7) is 14.9. The van der Waals surface area contributed by atoms with Gasteiger partial charge in [0, 0.05) is 39.3 Å². The number of unbranched alkanes of at least 4 members (excludes halogenated alkanes) is 2. The van der Waals surface area contributed by atoms with Crippen LogP contribution < -0.4 is 0 Å².